The second-order valence-corrected chi connectivity index (χ2v) is 4.74. The Bertz CT molecular complexity index is 398. The smallest absolute Gasteiger partial charge is 0.371 e. The zero-order valence-corrected chi connectivity index (χ0v) is 11.1. The van der Waals surface area contributed by atoms with Crippen LogP contribution in [-0.2, 0) is 6.54 Å². The summed E-state index contributed by atoms with van der Waals surface area (Å²) in [6, 6.07) is 1.75. The third-order valence-electron chi connectivity index (χ3n) is 3.03. The lowest BCUT2D eigenvalue weighted by Crippen LogP contribution is -2.34. The van der Waals surface area contributed by atoms with Gasteiger partial charge in [0.05, 0.1) is 0 Å². The van der Waals surface area contributed by atoms with E-state index in [-0.39, 0.29) is 18.4 Å². The summed E-state index contributed by atoms with van der Waals surface area (Å²) in [6.45, 7) is 6.60. The molecule has 1 aromatic heterocycles. The first-order valence-corrected chi connectivity index (χ1v) is 6.12. The van der Waals surface area contributed by atoms with Gasteiger partial charge in [0.15, 0.2) is 0 Å². The Balaban J connectivity index is 2.64. The molecule has 102 valence electrons. The van der Waals surface area contributed by atoms with E-state index in [9.17, 15) is 4.79 Å². The topological polar surface area (TPSA) is 82.7 Å². The molecule has 0 amide bonds. The van der Waals surface area contributed by atoms with Gasteiger partial charge in [0.1, 0.15) is 5.76 Å². The van der Waals surface area contributed by atoms with Crippen molar-refractivity contribution in [3.05, 3.63) is 23.2 Å². The van der Waals surface area contributed by atoms with E-state index in [1.807, 2.05) is 0 Å². The Hall–Kier alpha value is -1.33. The summed E-state index contributed by atoms with van der Waals surface area (Å²) in [5.74, 6) is -0.0672. The summed E-state index contributed by atoms with van der Waals surface area (Å²) >= 11 is 0. The van der Waals surface area contributed by atoms with Crippen LogP contribution in [0.15, 0.2) is 10.5 Å². The van der Waals surface area contributed by atoms with Gasteiger partial charge in [-0.2, -0.15) is 0 Å². The molecule has 18 heavy (non-hydrogen) atoms. The van der Waals surface area contributed by atoms with Crippen LogP contribution in [0.4, 0.5) is 0 Å². The van der Waals surface area contributed by atoms with E-state index in [2.05, 4.69) is 19.2 Å². The lowest BCUT2D eigenvalue weighted by molar-refractivity contribution is 0.0661. The molecule has 1 aromatic rings. The number of furan rings is 1. The first kappa shape index (κ1) is 14.7. The SMILES string of the molecule is Cc1oc(C(=O)O)cc1CNC(CCO)C(C)C. The fourth-order valence-corrected chi connectivity index (χ4v) is 1.85. The number of aryl methyl sites for hydroxylation is 1. The number of carboxylic acids is 1. The van der Waals surface area contributed by atoms with E-state index >= 15 is 0 Å². The zero-order valence-electron chi connectivity index (χ0n) is 11.1. The largest absolute Gasteiger partial charge is 0.475 e. The molecule has 0 saturated heterocycles. The van der Waals surface area contributed by atoms with Gasteiger partial charge in [0.2, 0.25) is 5.76 Å². The molecule has 5 heteroatoms. The van der Waals surface area contributed by atoms with Crippen molar-refractivity contribution in [2.45, 2.75) is 39.8 Å². The maximum Gasteiger partial charge on any atom is 0.371 e. The van der Waals surface area contributed by atoms with Gasteiger partial charge in [-0.25, -0.2) is 4.79 Å². The highest BCUT2D eigenvalue weighted by molar-refractivity contribution is 5.84. The first-order chi connectivity index (χ1) is 8.45. The minimum atomic E-state index is -1.06. The molecule has 5 nitrogen and oxygen atoms in total. The Morgan fingerprint density at radius 1 is 1.50 bits per heavy atom. The quantitative estimate of drug-likeness (QED) is 0.692. The molecule has 1 atom stereocenters. The molecule has 3 N–H and O–H groups in total. The van der Waals surface area contributed by atoms with Crippen molar-refractivity contribution in [3.8, 4) is 0 Å². The van der Waals surface area contributed by atoms with Crippen LogP contribution in [0, 0.1) is 12.8 Å². The average Bonchev–Trinajstić information content (AvgIpc) is 2.66. The van der Waals surface area contributed by atoms with Crippen LogP contribution in [0.1, 0.15) is 42.1 Å². The van der Waals surface area contributed by atoms with Gasteiger partial charge in [0.25, 0.3) is 0 Å². The molecule has 0 aliphatic heterocycles. The van der Waals surface area contributed by atoms with E-state index in [1.54, 1.807) is 13.0 Å². The number of rotatable bonds is 7. The van der Waals surface area contributed by atoms with Crippen molar-refractivity contribution in [1.82, 2.24) is 5.32 Å². The molecular weight excluding hydrogens is 234 g/mol. The predicted molar refractivity (Wildman–Crippen MR) is 67.6 cm³/mol. The van der Waals surface area contributed by atoms with E-state index in [0.717, 1.165) is 5.56 Å². The summed E-state index contributed by atoms with van der Waals surface area (Å²) in [7, 11) is 0. The average molecular weight is 255 g/mol. The number of hydrogen-bond donors (Lipinski definition) is 3. The van der Waals surface area contributed by atoms with Gasteiger partial charge in [-0.3, -0.25) is 0 Å². The molecule has 1 heterocycles. The van der Waals surface area contributed by atoms with Gasteiger partial charge in [-0.1, -0.05) is 13.8 Å². The van der Waals surface area contributed by atoms with E-state index in [0.29, 0.717) is 24.6 Å². The summed E-state index contributed by atoms with van der Waals surface area (Å²) in [4.78, 5) is 10.8. The second kappa shape index (κ2) is 6.56. The molecule has 1 unspecified atom stereocenters. The number of carbonyl (C=O) groups is 1. The molecule has 0 fully saturated rings. The van der Waals surface area contributed by atoms with Gasteiger partial charge in [-0.05, 0) is 25.3 Å². The lowest BCUT2D eigenvalue weighted by atomic mass is 10.0. The van der Waals surface area contributed by atoms with Crippen LogP contribution in [0.2, 0.25) is 0 Å². The number of carboxylic acid groups (broad SMARTS) is 1. The van der Waals surface area contributed by atoms with Crippen molar-refractivity contribution < 1.29 is 19.4 Å². The van der Waals surface area contributed by atoms with Crippen LogP contribution in [-0.4, -0.2) is 28.8 Å². The third-order valence-corrected chi connectivity index (χ3v) is 3.03. The van der Waals surface area contributed by atoms with E-state index < -0.39 is 5.97 Å². The summed E-state index contributed by atoms with van der Waals surface area (Å²) in [5, 5.41) is 21.1. The van der Waals surface area contributed by atoms with Crippen LogP contribution in [0.3, 0.4) is 0 Å². The van der Waals surface area contributed by atoms with Crippen LogP contribution < -0.4 is 5.32 Å². The van der Waals surface area contributed by atoms with Crippen molar-refractivity contribution in [3.63, 3.8) is 0 Å². The maximum absolute atomic E-state index is 10.8. The van der Waals surface area contributed by atoms with Gasteiger partial charge < -0.3 is 19.9 Å². The third kappa shape index (κ3) is 3.85. The fourth-order valence-electron chi connectivity index (χ4n) is 1.85. The molecule has 0 aromatic carbocycles. The number of aliphatic hydroxyl groups excluding tert-OH is 1. The first-order valence-electron chi connectivity index (χ1n) is 6.12. The van der Waals surface area contributed by atoms with Crippen LogP contribution in [0.5, 0.6) is 0 Å². The second-order valence-electron chi connectivity index (χ2n) is 4.74. The highest BCUT2D eigenvalue weighted by Crippen LogP contribution is 2.15. The van der Waals surface area contributed by atoms with Crippen LogP contribution >= 0.6 is 0 Å². The molecule has 0 radical (unpaired) electrons. The van der Waals surface area contributed by atoms with Gasteiger partial charge in [0, 0.05) is 24.8 Å². The van der Waals surface area contributed by atoms with E-state index in [4.69, 9.17) is 14.6 Å². The molecule has 1 rings (SSSR count). The molecule has 0 aliphatic carbocycles. The molecule has 0 spiro atoms. The standard InChI is InChI=1S/C13H21NO4/c1-8(2)11(4-5-15)14-7-10-6-12(13(16)17)18-9(10)3/h6,8,11,14-15H,4-5,7H2,1-3H3,(H,16,17). The Kier molecular flexibility index (Phi) is 5.37. The number of nitrogens with one attached hydrogen (secondary N) is 1. The van der Waals surface area contributed by atoms with Crippen molar-refractivity contribution >= 4 is 5.97 Å². The molecule has 0 saturated carbocycles. The van der Waals surface area contributed by atoms with Gasteiger partial charge >= 0.3 is 5.97 Å². The van der Waals surface area contributed by atoms with Crippen LogP contribution in [0.25, 0.3) is 0 Å². The monoisotopic (exact) mass is 255 g/mol. The Morgan fingerprint density at radius 2 is 2.17 bits per heavy atom. The minimum Gasteiger partial charge on any atom is -0.475 e. The van der Waals surface area contributed by atoms with Crippen molar-refractivity contribution in [2.24, 2.45) is 5.92 Å². The number of aliphatic hydroxyl groups is 1. The summed E-state index contributed by atoms with van der Waals surface area (Å²) in [5.41, 5.74) is 0.844. The van der Waals surface area contributed by atoms with E-state index in [1.165, 1.54) is 0 Å². The zero-order chi connectivity index (χ0) is 13.7. The minimum absolute atomic E-state index is 0.0347. The number of hydrogen-bond acceptors (Lipinski definition) is 4. The molecule has 0 bridgehead atoms. The molecular formula is C13H21NO4. The molecule has 0 aliphatic rings. The predicted octanol–water partition coefficient (Wildman–Crippen LogP) is 1.78. The highest BCUT2D eigenvalue weighted by Gasteiger charge is 2.16. The van der Waals surface area contributed by atoms with Gasteiger partial charge in [-0.15, -0.1) is 0 Å². The summed E-state index contributed by atoms with van der Waals surface area (Å²) < 4.78 is 5.14. The highest BCUT2D eigenvalue weighted by atomic mass is 16.4. The maximum atomic E-state index is 10.8. The normalized spacial score (nSPS) is 12.9. The Morgan fingerprint density at radius 3 is 2.61 bits per heavy atom. The van der Waals surface area contributed by atoms with Crippen molar-refractivity contribution in [2.75, 3.05) is 6.61 Å². The fraction of sp³-hybridized carbons (Fsp3) is 0.615. The Labute approximate surface area is 107 Å². The lowest BCUT2D eigenvalue weighted by Gasteiger charge is -2.21. The summed E-state index contributed by atoms with van der Waals surface area (Å²) in [6.07, 6.45) is 0.681. The van der Waals surface area contributed by atoms with Crippen molar-refractivity contribution in [1.29, 1.82) is 0 Å². The number of aromatic carboxylic acids is 1.